The lowest BCUT2D eigenvalue weighted by atomic mass is 10.1. The van der Waals surface area contributed by atoms with Crippen LogP contribution >= 0.6 is 11.8 Å². The second-order valence-electron chi connectivity index (χ2n) is 5.02. The van der Waals surface area contributed by atoms with E-state index >= 15 is 0 Å². The van der Waals surface area contributed by atoms with Crippen molar-refractivity contribution in [1.29, 1.82) is 0 Å². The van der Waals surface area contributed by atoms with Gasteiger partial charge in [0.2, 0.25) is 0 Å². The summed E-state index contributed by atoms with van der Waals surface area (Å²) < 4.78 is 5.63. The molecule has 0 aliphatic rings. The van der Waals surface area contributed by atoms with Crippen molar-refractivity contribution in [3.63, 3.8) is 0 Å². The fourth-order valence-corrected chi connectivity index (χ4v) is 2.84. The first-order valence-corrected chi connectivity index (χ1v) is 7.24. The van der Waals surface area contributed by atoms with Crippen LogP contribution in [0.3, 0.4) is 0 Å². The van der Waals surface area contributed by atoms with Crippen molar-refractivity contribution < 1.29 is 4.42 Å². The van der Waals surface area contributed by atoms with Crippen molar-refractivity contribution in [2.45, 2.75) is 50.3 Å². The third-order valence-electron chi connectivity index (χ3n) is 2.96. The first-order chi connectivity index (χ1) is 8.95. The standard InChI is InChI=1S/C15H20N2OS/c1-9-5-6-14(13(7-9)8-10(2)16)19-15-17-11(3)12(4)18-15/h5-7,10H,8,16H2,1-4H3. The maximum absolute atomic E-state index is 5.92. The quantitative estimate of drug-likeness (QED) is 0.926. The molecule has 0 aliphatic heterocycles. The number of nitrogens with zero attached hydrogens (tertiary/aromatic N) is 1. The SMILES string of the molecule is Cc1ccc(Sc2nc(C)c(C)o2)c(CC(C)N)c1. The van der Waals surface area contributed by atoms with Crippen LogP contribution < -0.4 is 5.73 Å². The Kier molecular flexibility index (Phi) is 4.32. The third-order valence-corrected chi connectivity index (χ3v) is 3.93. The molecule has 0 amide bonds. The number of nitrogens with two attached hydrogens (primary N) is 1. The number of oxazole rings is 1. The number of rotatable bonds is 4. The molecule has 1 heterocycles. The summed E-state index contributed by atoms with van der Waals surface area (Å²) >= 11 is 1.57. The molecule has 0 bridgehead atoms. The lowest BCUT2D eigenvalue weighted by molar-refractivity contribution is 0.431. The summed E-state index contributed by atoms with van der Waals surface area (Å²) in [5.41, 5.74) is 9.37. The van der Waals surface area contributed by atoms with E-state index in [1.54, 1.807) is 11.8 Å². The highest BCUT2D eigenvalue weighted by Crippen LogP contribution is 2.32. The van der Waals surface area contributed by atoms with Gasteiger partial charge in [0.05, 0.1) is 5.69 Å². The van der Waals surface area contributed by atoms with E-state index in [9.17, 15) is 0 Å². The third kappa shape index (κ3) is 3.61. The highest BCUT2D eigenvalue weighted by atomic mass is 32.2. The van der Waals surface area contributed by atoms with E-state index < -0.39 is 0 Å². The average Bonchev–Trinajstić information content (AvgIpc) is 2.61. The van der Waals surface area contributed by atoms with Gasteiger partial charge in [0, 0.05) is 10.9 Å². The maximum Gasteiger partial charge on any atom is 0.261 e. The summed E-state index contributed by atoms with van der Waals surface area (Å²) in [7, 11) is 0. The van der Waals surface area contributed by atoms with E-state index in [2.05, 4.69) is 30.1 Å². The molecular weight excluding hydrogens is 256 g/mol. The van der Waals surface area contributed by atoms with Gasteiger partial charge in [-0.1, -0.05) is 17.7 Å². The highest BCUT2D eigenvalue weighted by Gasteiger charge is 2.11. The Bertz CT molecular complexity index is 556. The minimum Gasteiger partial charge on any atom is -0.436 e. The molecule has 0 saturated heterocycles. The van der Waals surface area contributed by atoms with Crippen LogP contribution in [0.15, 0.2) is 32.7 Å². The molecule has 102 valence electrons. The fraction of sp³-hybridized carbons (Fsp3) is 0.400. The summed E-state index contributed by atoms with van der Waals surface area (Å²) in [5.74, 6) is 0.878. The van der Waals surface area contributed by atoms with E-state index in [1.165, 1.54) is 16.0 Å². The topological polar surface area (TPSA) is 52.0 Å². The van der Waals surface area contributed by atoms with Gasteiger partial charge in [-0.2, -0.15) is 0 Å². The van der Waals surface area contributed by atoms with Crippen LogP contribution in [0.1, 0.15) is 29.5 Å². The smallest absolute Gasteiger partial charge is 0.261 e. The van der Waals surface area contributed by atoms with Gasteiger partial charge in [0.1, 0.15) is 5.76 Å². The summed E-state index contributed by atoms with van der Waals surface area (Å²) in [4.78, 5) is 5.58. The zero-order chi connectivity index (χ0) is 14.0. The summed E-state index contributed by atoms with van der Waals surface area (Å²) in [6.07, 6.45) is 0.864. The minimum absolute atomic E-state index is 0.147. The Morgan fingerprint density at radius 2 is 2.05 bits per heavy atom. The number of hydrogen-bond acceptors (Lipinski definition) is 4. The predicted octanol–water partition coefficient (Wildman–Crippen LogP) is 3.64. The van der Waals surface area contributed by atoms with Gasteiger partial charge in [-0.15, -0.1) is 0 Å². The van der Waals surface area contributed by atoms with Crippen molar-refractivity contribution in [2.75, 3.05) is 0 Å². The largest absolute Gasteiger partial charge is 0.436 e. The lowest BCUT2D eigenvalue weighted by Crippen LogP contribution is -2.18. The zero-order valence-electron chi connectivity index (χ0n) is 11.9. The molecule has 0 saturated carbocycles. The van der Waals surface area contributed by atoms with Crippen LogP contribution in [0.5, 0.6) is 0 Å². The van der Waals surface area contributed by atoms with Crippen LogP contribution in [0.2, 0.25) is 0 Å². The molecule has 0 radical (unpaired) electrons. The fourth-order valence-electron chi connectivity index (χ4n) is 1.90. The minimum atomic E-state index is 0.147. The van der Waals surface area contributed by atoms with E-state index in [4.69, 9.17) is 10.2 Å². The Hall–Kier alpha value is -1.26. The van der Waals surface area contributed by atoms with E-state index in [-0.39, 0.29) is 6.04 Å². The van der Waals surface area contributed by atoms with Crippen LogP contribution in [0.25, 0.3) is 0 Å². The highest BCUT2D eigenvalue weighted by molar-refractivity contribution is 7.99. The molecular formula is C15H20N2OS. The Balaban J connectivity index is 2.28. The lowest BCUT2D eigenvalue weighted by Gasteiger charge is -2.11. The zero-order valence-corrected chi connectivity index (χ0v) is 12.7. The molecule has 3 nitrogen and oxygen atoms in total. The molecule has 2 N–H and O–H groups in total. The number of benzene rings is 1. The Labute approximate surface area is 118 Å². The molecule has 2 aromatic rings. The first-order valence-electron chi connectivity index (χ1n) is 6.42. The van der Waals surface area contributed by atoms with Crippen LogP contribution in [-0.4, -0.2) is 11.0 Å². The molecule has 1 aromatic heterocycles. The van der Waals surface area contributed by atoms with Gasteiger partial charge in [-0.3, -0.25) is 0 Å². The average molecular weight is 276 g/mol. The number of hydrogen-bond donors (Lipinski definition) is 1. The van der Waals surface area contributed by atoms with Gasteiger partial charge in [0.15, 0.2) is 0 Å². The second kappa shape index (κ2) is 5.80. The van der Waals surface area contributed by atoms with Crippen LogP contribution in [0, 0.1) is 20.8 Å². The van der Waals surface area contributed by atoms with Gasteiger partial charge in [-0.25, -0.2) is 4.98 Å². The first kappa shape index (κ1) is 14.2. The van der Waals surface area contributed by atoms with Crippen molar-refractivity contribution in [3.8, 4) is 0 Å². The van der Waals surface area contributed by atoms with Gasteiger partial charge < -0.3 is 10.2 Å². The van der Waals surface area contributed by atoms with E-state index in [0.717, 1.165) is 17.9 Å². The molecule has 1 aromatic carbocycles. The van der Waals surface area contributed by atoms with E-state index in [0.29, 0.717) is 5.22 Å². The van der Waals surface area contributed by atoms with Gasteiger partial charge in [-0.05, 0) is 57.5 Å². The van der Waals surface area contributed by atoms with Crippen molar-refractivity contribution in [3.05, 3.63) is 40.8 Å². The number of aryl methyl sites for hydroxylation is 3. The molecule has 1 atom stereocenters. The van der Waals surface area contributed by atoms with Crippen molar-refractivity contribution in [2.24, 2.45) is 5.73 Å². The van der Waals surface area contributed by atoms with Gasteiger partial charge in [0.25, 0.3) is 5.22 Å². The van der Waals surface area contributed by atoms with Crippen LogP contribution in [0.4, 0.5) is 0 Å². The van der Waals surface area contributed by atoms with Crippen molar-refractivity contribution >= 4 is 11.8 Å². The monoisotopic (exact) mass is 276 g/mol. The predicted molar refractivity (Wildman–Crippen MR) is 78.6 cm³/mol. The Morgan fingerprint density at radius 3 is 2.63 bits per heavy atom. The van der Waals surface area contributed by atoms with Gasteiger partial charge >= 0.3 is 0 Å². The Morgan fingerprint density at radius 1 is 1.32 bits per heavy atom. The van der Waals surface area contributed by atoms with Crippen molar-refractivity contribution in [1.82, 2.24) is 4.98 Å². The molecule has 0 fully saturated rings. The summed E-state index contributed by atoms with van der Waals surface area (Å²) in [6.45, 7) is 8.01. The molecule has 1 unspecified atom stereocenters. The molecule has 4 heteroatoms. The molecule has 2 rings (SSSR count). The summed E-state index contributed by atoms with van der Waals surface area (Å²) in [6, 6.07) is 6.56. The second-order valence-corrected chi connectivity index (χ2v) is 6.01. The number of aromatic nitrogens is 1. The normalized spacial score (nSPS) is 12.7. The molecule has 0 aliphatic carbocycles. The molecule has 0 spiro atoms. The van der Waals surface area contributed by atoms with E-state index in [1.807, 2.05) is 20.8 Å². The van der Waals surface area contributed by atoms with Crippen LogP contribution in [-0.2, 0) is 6.42 Å². The molecule has 19 heavy (non-hydrogen) atoms. The maximum atomic E-state index is 5.92. The summed E-state index contributed by atoms with van der Waals surface area (Å²) in [5, 5.41) is 0.699.